The number of hydrogen-bond acceptors (Lipinski definition) is 6. The molecule has 0 bridgehead atoms. The number of rotatable bonds is 4. The Bertz CT molecular complexity index is 865. The number of nitro benzene ring substituents is 1. The van der Waals surface area contributed by atoms with E-state index < -0.39 is 0 Å². The molecule has 134 valence electrons. The van der Waals surface area contributed by atoms with Crippen molar-refractivity contribution in [1.29, 1.82) is 0 Å². The van der Waals surface area contributed by atoms with Crippen LogP contribution >= 0.6 is 0 Å². The summed E-state index contributed by atoms with van der Waals surface area (Å²) < 4.78 is 0. The number of benzene rings is 1. The van der Waals surface area contributed by atoms with E-state index in [0.29, 0.717) is 13.1 Å². The van der Waals surface area contributed by atoms with Crippen molar-refractivity contribution in [2.45, 2.75) is 38.8 Å². The molecule has 2 aliphatic heterocycles. The molecule has 3 heterocycles. The molecule has 1 aromatic heterocycles. The van der Waals surface area contributed by atoms with Gasteiger partial charge in [0.15, 0.2) is 5.82 Å². The van der Waals surface area contributed by atoms with Crippen molar-refractivity contribution < 1.29 is 4.92 Å². The summed E-state index contributed by atoms with van der Waals surface area (Å²) in [6.45, 7) is 2.99. The van der Waals surface area contributed by atoms with Crippen LogP contribution in [0.2, 0.25) is 0 Å². The van der Waals surface area contributed by atoms with Gasteiger partial charge in [-0.2, -0.15) is 0 Å². The first-order chi connectivity index (χ1) is 12.7. The van der Waals surface area contributed by atoms with Gasteiger partial charge < -0.3 is 0 Å². The van der Waals surface area contributed by atoms with Crippen LogP contribution in [0.5, 0.6) is 0 Å². The highest BCUT2D eigenvalue weighted by Gasteiger charge is 2.22. The molecule has 0 amide bonds. The molecule has 2 aliphatic rings. The Balaban J connectivity index is 1.50. The lowest BCUT2D eigenvalue weighted by atomic mass is 10.0. The van der Waals surface area contributed by atoms with E-state index in [1.807, 2.05) is 18.3 Å². The fraction of sp³-hybridized carbons (Fsp3) is 0.421. The minimum absolute atomic E-state index is 0.181. The van der Waals surface area contributed by atoms with Crippen LogP contribution in [-0.4, -0.2) is 38.6 Å². The van der Waals surface area contributed by atoms with E-state index in [9.17, 15) is 10.1 Å². The van der Waals surface area contributed by atoms with Crippen molar-refractivity contribution >= 4 is 11.4 Å². The second-order valence-electron chi connectivity index (χ2n) is 6.80. The first kappa shape index (κ1) is 16.8. The molecule has 2 aromatic rings. The zero-order valence-corrected chi connectivity index (χ0v) is 14.6. The monoisotopic (exact) mass is 351 g/mol. The number of nitrogens with zero attached hydrogens (tertiary/aromatic N) is 5. The van der Waals surface area contributed by atoms with Gasteiger partial charge in [-0.25, -0.2) is 9.97 Å². The average molecular weight is 351 g/mol. The molecule has 7 nitrogen and oxygen atoms in total. The molecule has 7 heteroatoms. The lowest BCUT2D eigenvalue weighted by molar-refractivity contribution is -0.385. The molecule has 4 rings (SSSR count). The topological polar surface area (TPSA) is 84.5 Å². The van der Waals surface area contributed by atoms with Gasteiger partial charge in [-0.1, -0.05) is 18.2 Å². The minimum Gasteiger partial charge on any atom is -0.294 e. The normalized spacial score (nSPS) is 17.5. The zero-order chi connectivity index (χ0) is 17.9. The summed E-state index contributed by atoms with van der Waals surface area (Å²) in [6.07, 6.45) is 6.00. The molecule has 0 saturated heterocycles. The molecule has 26 heavy (non-hydrogen) atoms. The van der Waals surface area contributed by atoms with E-state index in [1.54, 1.807) is 12.1 Å². The fourth-order valence-corrected chi connectivity index (χ4v) is 3.59. The standard InChI is InChI=1S/C19H21N5O2/c25-24(26)18-7-2-1-5-14(18)12-23-10-8-16-15(13-23)11-21-19(22-16)17-6-3-4-9-20-17/h1-2,5,7,11H,3-4,6,8-10,12-13H2. The van der Waals surface area contributed by atoms with Crippen molar-refractivity contribution in [2.75, 3.05) is 13.1 Å². The predicted molar refractivity (Wildman–Crippen MR) is 98.2 cm³/mol. The summed E-state index contributed by atoms with van der Waals surface area (Å²) in [7, 11) is 0. The van der Waals surface area contributed by atoms with Gasteiger partial charge in [0.25, 0.3) is 5.69 Å². The first-order valence-corrected chi connectivity index (χ1v) is 9.04. The van der Waals surface area contributed by atoms with Gasteiger partial charge in [0.1, 0.15) is 0 Å². The van der Waals surface area contributed by atoms with Gasteiger partial charge in [0, 0.05) is 56.0 Å². The number of nitro groups is 1. The predicted octanol–water partition coefficient (Wildman–Crippen LogP) is 2.92. The third-order valence-electron chi connectivity index (χ3n) is 4.98. The molecule has 0 radical (unpaired) electrons. The van der Waals surface area contributed by atoms with Crippen molar-refractivity contribution in [3.8, 4) is 0 Å². The highest BCUT2D eigenvalue weighted by atomic mass is 16.6. The Morgan fingerprint density at radius 2 is 2.08 bits per heavy atom. The molecule has 0 spiro atoms. The number of para-hydroxylation sites is 1. The van der Waals surface area contributed by atoms with Gasteiger partial charge in [0.05, 0.1) is 16.3 Å². The van der Waals surface area contributed by atoms with Crippen molar-refractivity contribution in [1.82, 2.24) is 14.9 Å². The minimum atomic E-state index is -0.312. The van der Waals surface area contributed by atoms with Crippen molar-refractivity contribution in [3.05, 3.63) is 63.2 Å². The molecule has 0 atom stereocenters. The third-order valence-corrected chi connectivity index (χ3v) is 4.98. The maximum atomic E-state index is 11.2. The Morgan fingerprint density at radius 3 is 2.88 bits per heavy atom. The maximum Gasteiger partial charge on any atom is 0.273 e. The van der Waals surface area contributed by atoms with E-state index in [1.165, 1.54) is 0 Å². The van der Waals surface area contributed by atoms with Gasteiger partial charge in [-0.3, -0.25) is 20.0 Å². The van der Waals surface area contributed by atoms with E-state index in [-0.39, 0.29) is 10.6 Å². The SMILES string of the molecule is O=[N+]([O-])c1ccccc1CN1CCc2nc(C3=NCCCC3)ncc2C1. The van der Waals surface area contributed by atoms with E-state index in [2.05, 4.69) is 14.9 Å². The summed E-state index contributed by atoms with van der Waals surface area (Å²) in [4.78, 5) is 26.9. The van der Waals surface area contributed by atoms with Crippen LogP contribution in [0, 0.1) is 10.1 Å². The number of aromatic nitrogens is 2. The molecule has 0 N–H and O–H groups in total. The Hall–Kier alpha value is -2.67. The smallest absolute Gasteiger partial charge is 0.273 e. The van der Waals surface area contributed by atoms with Crippen LogP contribution in [0.25, 0.3) is 0 Å². The third kappa shape index (κ3) is 3.48. The van der Waals surface area contributed by atoms with Gasteiger partial charge in [-0.05, 0) is 19.3 Å². The van der Waals surface area contributed by atoms with E-state index in [0.717, 1.165) is 67.1 Å². The van der Waals surface area contributed by atoms with Crippen LogP contribution in [-0.2, 0) is 19.5 Å². The molecular formula is C19H21N5O2. The Morgan fingerprint density at radius 1 is 1.19 bits per heavy atom. The van der Waals surface area contributed by atoms with Gasteiger partial charge >= 0.3 is 0 Å². The van der Waals surface area contributed by atoms with E-state index in [4.69, 9.17) is 4.98 Å². The number of hydrogen-bond donors (Lipinski definition) is 0. The Kier molecular flexibility index (Phi) is 4.71. The second-order valence-corrected chi connectivity index (χ2v) is 6.80. The second kappa shape index (κ2) is 7.29. The highest BCUT2D eigenvalue weighted by molar-refractivity contribution is 5.97. The summed E-state index contributed by atoms with van der Waals surface area (Å²) in [6, 6.07) is 6.94. The largest absolute Gasteiger partial charge is 0.294 e. The van der Waals surface area contributed by atoms with E-state index >= 15 is 0 Å². The molecule has 0 unspecified atom stereocenters. The van der Waals surface area contributed by atoms with Crippen LogP contribution < -0.4 is 0 Å². The molecule has 1 aromatic carbocycles. The summed E-state index contributed by atoms with van der Waals surface area (Å²) in [5.74, 6) is 0.774. The Labute approximate surface area is 152 Å². The van der Waals surface area contributed by atoms with Crippen LogP contribution in [0.1, 0.15) is 41.9 Å². The number of fused-ring (bicyclic) bond motifs is 1. The summed E-state index contributed by atoms with van der Waals surface area (Å²) >= 11 is 0. The summed E-state index contributed by atoms with van der Waals surface area (Å²) in [5, 5.41) is 11.2. The summed E-state index contributed by atoms with van der Waals surface area (Å²) in [5.41, 5.74) is 4.15. The van der Waals surface area contributed by atoms with Crippen LogP contribution in [0.15, 0.2) is 35.5 Å². The average Bonchev–Trinajstić information content (AvgIpc) is 2.68. The lowest BCUT2D eigenvalue weighted by Gasteiger charge is -2.28. The van der Waals surface area contributed by atoms with Crippen LogP contribution in [0.3, 0.4) is 0 Å². The van der Waals surface area contributed by atoms with Crippen molar-refractivity contribution in [3.63, 3.8) is 0 Å². The maximum absolute atomic E-state index is 11.2. The van der Waals surface area contributed by atoms with Gasteiger partial charge in [-0.15, -0.1) is 0 Å². The molecule has 0 saturated carbocycles. The molecule has 0 fully saturated rings. The quantitative estimate of drug-likeness (QED) is 0.624. The molecular weight excluding hydrogens is 330 g/mol. The van der Waals surface area contributed by atoms with Crippen molar-refractivity contribution in [2.24, 2.45) is 4.99 Å². The lowest BCUT2D eigenvalue weighted by Crippen LogP contribution is -2.31. The highest BCUT2D eigenvalue weighted by Crippen LogP contribution is 2.24. The molecule has 0 aliphatic carbocycles. The van der Waals surface area contributed by atoms with Crippen LogP contribution in [0.4, 0.5) is 5.69 Å². The zero-order valence-electron chi connectivity index (χ0n) is 14.6. The fourth-order valence-electron chi connectivity index (χ4n) is 3.59. The first-order valence-electron chi connectivity index (χ1n) is 9.04. The number of aliphatic imine (C=N–C) groups is 1. The van der Waals surface area contributed by atoms with Gasteiger partial charge in [0.2, 0.25) is 0 Å².